The van der Waals surface area contributed by atoms with Crippen LogP contribution >= 0.6 is 11.8 Å². The van der Waals surface area contributed by atoms with E-state index >= 15 is 0 Å². The first-order valence-electron chi connectivity index (χ1n) is 10.5. The van der Waals surface area contributed by atoms with E-state index in [9.17, 15) is 4.79 Å². The summed E-state index contributed by atoms with van der Waals surface area (Å²) in [5.41, 5.74) is 2.15. The molecule has 0 aliphatic heterocycles. The van der Waals surface area contributed by atoms with E-state index in [0.29, 0.717) is 16.9 Å². The molecule has 0 bridgehead atoms. The molecule has 8 heteroatoms. The van der Waals surface area contributed by atoms with Crippen LogP contribution < -0.4 is 15.9 Å². The zero-order valence-corrected chi connectivity index (χ0v) is 18.5. The van der Waals surface area contributed by atoms with Gasteiger partial charge in [0.1, 0.15) is 17.6 Å². The maximum absolute atomic E-state index is 12.8. The number of amides is 1. The molecule has 162 valence electrons. The van der Waals surface area contributed by atoms with E-state index in [4.69, 9.17) is 10.6 Å². The van der Waals surface area contributed by atoms with Crippen molar-refractivity contribution in [1.82, 2.24) is 20.2 Å². The molecule has 1 atom stereocenters. The summed E-state index contributed by atoms with van der Waals surface area (Å²) in [6.45, 7) is 4.49. The Morgan fingerprint density at radius 3 is 2.48 bits per heavy atom. The van der Waals surface area contributed by atoms with Gasteiger partial charge in [-0.2, -0.15) is 0 Å². The lowest BCUT2D eigenvalue weighted by atomic mass is 10.0. The van der Waals surface area contributed by atoms with Gasteiger partial charge in [0.2, 0.25) is 11.1 Å². The van der Waals surface area contributed by atoms with Gasteiger partial charge in [0.15, 0.2) is 5.82 Å². The molecule has 1 heterocycles. The molecule has 0 saturated heterocycles. The van der Waals surface area contributed by atoms with Crippen LogP contribution in [-0.4, -0.2) is 26.8 Å². The Hall–Kier alpha value is -3.00. The molecule has 3 N–H and O–H groups in total. The van der Waals surface area contributed by atoms with E-state index in [0.717, 1.165) is 24.2 Å². The third kappa shape index (κ3) is 5.38. The Bertz CT molecular complexity index is 1020. The van der Waals surface area contributed by atoms with Crippen molar-refractivity contribution < 1.29 is 9.53 Å². The average molecular weight is 438 g/mol. The monoisotopic (exact) mass is 437 g/mol. The number of rotatable bonds is 9. The van der Waals surface area contributed by atoms with E-state index < -0.39 is 5.25 Å². The van der Waals surface area contributed by atoms with Gasteiger partial charge >= 0.3 is 0 Å². The molecule has 0 radical (unpaired) electrons. The van der Waals surface area contributed by atoms with Crippen molar-refractivity contribution in [2.75, 3.05) is 5.84 Å². The second-order valence-corrected chi connectivity index (χ2v) is 9.04. The molecule has 7 nitrogen and oxygen atoms in total. The molecular formula is C23H27N5O2S. The van der Waals surface area contributed by atoms with Crippen LogP contribution in [0.3, 0.4) is 0 Å². The van der Waals surface area contributed by atoms with E-state index in [-0.39, 0.29) is 18.6 Å². The molecule has 1 aromatic heterocycles. The van der Waals surface area contributed by atoms with Crippen molar-refractivity contribution >= 4 is 17.7 Å². The van der Waals surface area contributed by atoms with Crippen molar-refractivity contribution in [3.8, 4) is 5.75 Å². The lowest BCUT2D eigenvalue weighted by molar-refractivity contribution is -0.120. The highest BCUT2D eigenvalue weighted by Crippen LogP contribution is 2.35. The molecule has 4 rings (SSSR count). The molecule has 31 heavy (non-hydrogen) atoms. The predicted molar refractivity (Wildman–Crippen MR) is 121 cm³/mol. The fourth-order valence-electron chi connectivity index (χ4n) is 3.09. The number of thioether (sulfide) groups is 1. The fourth-order valence-corrected chi connectivity index (χ4v) is 4.08. The smallest absolute Gasteiger partial charge is 0.238 e. The first kappa shape index (κ1) is 21.2. The van der Waals surface area contributed by atoms with E-state index in [1.807, 2.05) is 42.5 Å². The third-order valence-electron chi connectivity index (χ3n) is 5.14. The number of hydrogen-bond donors (Lipinski definition) is 2. The summed E-state index contributed by atoms with van der Waals surface area (Å²) in [6.07, 6.45) is 2.06. The highest BCUT2D eigenvalue weighted by Gasteiger charge is 2.30. The van der Waals surface area contributed by atoms with E-state index in [1.165, 1.54) is 22.0 Å². The molecule has 2 aromatic carbocycles. The van der Waals surface area contributed by atoms with Crippen LogP contribution in [0.4, 0.5) is 0 Å². The highest BCUT2D eigenvalue weighted by molar-refractivity contribution is 8.00. The fraction of sp³-hybridized carbons (Fsp3) is 0.348. The van der Waals surface area contributed by atoms with Crippen molar-refractivity contribution in [3.05, 3.63) is 71.5 Å². The average Bonchev–Trinajstić information content (AvgIpc) is 3.53. The van der Waals surface area contributed by atoms with Crippen LogP contribution in [0, 0.1) is 0 Å². The minimum absolute atomic E-state index is 0.0373. The number of carbonyl (C=O) groups is 1. The van der Waals surface area contributed by atoms with Gasteiger partial charge in [0.05, 0.1) is 0 Å². The predicted octanol–water partition coefficient (Wildman–Crippen LogP) is 3.81. The molecule has 1 saturated carbocycles. The second-order valence-electron chi connectivity index (χ2n) is 7.97. The number of nitrogens with two attached hydrogens (primary N) is 1. The maximum Gasteiger partial charge on any atom is 0.238 e. The minimum atomic E-state index is -0.453. The van der Waals surface area contributed by atoms with Crippen molar-refractivity contribution in [2.24, 2.45) is 0 Å². The van der Waals surface area contributed by atoms with Gasteiger partial charge in [0.25, 0.3) is 0 Å². The number of aromatic nitrogens is 3. The summed E-state index contributed by atoms with van der Waals surface area (Å²) in [7, 11) is 0. The summed E-state index contributed by atoms with van der Waals surface area (Å²) in [5, 5.41) is 11.5. The van der Waals surface area contributed by atoms with Gasteiger partial charge < -0.3 is 15.9 Å². The van der Waals surface area contributed by atoms with Crippen LogP contribution in [0.5, 0.6) is 5.75 Å². The normalized spacial score (nSPS) is 14.4. The largest absolute Gasteiger partial charge is 0.486 e. The van der Waals surface area contributed by atoms with Gasteiger partial charge in [-0.3, -0.25) is 4.79 Å². The SMILES string of the molecule is CC(C)c1ccc(OCc2nnc(SC(C(=O)NC3CC3)c3ccccc3)n2N)cc1. The first-order chi connectivity index (χ1) is 15.0. The molecule has 1 amide bonds. The summed E-state index contributed by atoms with van der Waals surface area (Å²) >= 11 is 1.29. The van der Waals surface area contributed by atoms with Gasteiger partial charge in [-0.25, -0.2) is 4.68 Å². The van der Waals surface area contributed by atoms with Crippen molar-refractivity contribution in [1.29, 1.82) is 0 Å². The topological polar surface area (TPSA) is 95.1 Å². The molecular weight excluding hydrogens is 410 g/mol. The number of nitrogens with zero attached hydrogens (tertiary/aromatic N) is 3. The van der Waals surface area contributed by atoms with Crippen LogP contribution in [0.15, 0.2) is 59.8 Å². The minimum Gasteiger partial charge on any atom is -0.486 e. The zero-order valence-electron chi connectivity index (χ0n) is 17.7. The second kappa shape index (κ2) is 9.43. The molecule has 1 aliphatic rings. The molecule has 0 spiro atoms. The summed E-state index contributed by atoms with van der Waals surface area (Å²) in [5.74, 6) is 7.90. The van der Waals surface area contributed by atoms with Gasteiger partial charge in [0, 0.05) is 6.04 Å². The Labute approximate surface area is 186 Å². The maximum atomic E-state index is 12.8. The van der Waals surface area contributed by atoms with E-state index in [1.54, 1.807) is 0 Å². The number of ether oxygens (including phenoxy) is 1. The zero-order chi connectivity index (χ0) is 21.8. The number of carbonyl (C=O) groups excluding carboxylic acids is 1. The number of hydrogen-bond acceptors (Lipinski definition) is 6. The Balaban J connectivity index is 1.44. The summed E-state index contributed by atoms with van der Waals surface area (Å²) < 4.78 is 7.22. The van der Waals surface area contributed by atoms with E-state index in [2.05, 4.69) is 41.5 Å². The molecule has 3 aromatic rings. The lowest BCUT2D eigenvalue weighted by Crippen LogP contribution is -2.30. The number of nitrogens with one attached hydrogen (secondary N) is 1. The van der Waals surface area contributed by atoms with Crippen LogP contribution in [0.1, 0.15) is 54.8 Å². The number of nitrogen functional groups attached to an aromatic ring is 1. The summed E-state index contributed by atoms with van der Waals surface area (Å²) in [6, 6.07) is 17.9. The van der Waals surface area contributed by atoms with Crippen LogP contribution in [0.2, 0.25) is 0 Å². The highest BCUT2D eigenvalue weighted by atomic mass is 32.2. The lowest BCUT2D eigenvalue weighted by Gasteiger charge is -2.16. The van der Waals surface area contributed by atoms with Crippen molar-refractivity contribution in [2.45, 2.75) is 55.7 Å². The Morgan fingerprint density at radius 1 is 1.13 bits per heavy atom. The molecule has 1 fully saturated rings. The van der Waals surface area contributed by atoms with Crippen molar-refractivity contribution in [3.63, 3.8) is 0 Å². The summed E-state index contributed by atoms with van der Waals surface area (Å²) in [4.78, 5) is 12.8. The Kier molecular flexibility index (Phi) is 6.46. The molecule has 1 aliphatic carbocycles. The number of benzene rings is 2. The first-order valence-corrected chi connectivity index (χ1v) is 11.3. The van der Waals surface area contributed by atoms with Gasteiger partial charge in [-0.1, -0.05) is 68.1 Å². The van der Waals surface area contributed by atoms with Gasteiger partial charge in [-0.15, -0.1) is 10.2 Å². The standard InChI is InChI=1S/C23H27N5O2S/c1-15(2)16-8-12-19(13-9-16)30-14-20-26-27-23(28(20)24)31-21(17-6-4-3-5-7-17)22(29)25-18-10-11-18/h3-9,12-13,15,18,21H,10-11,14,24H2,1-2H3,(H,25,29). The van der Waals surface area contributed by atoms with Crippen LogP contribution in [-0.2, 0) is 11.4 Å². The Morgan fingerprint density at radius 2 is 1.84 bits per heavy atom. The molecule has 1 unspecified atom stereocenters. The van der Waals surface area contributed by atoms with Crippen LogP contribution in [0.25, 0.3) is 0 Å². The third-order valence-corrected chi connectivity index (χ3v) is 6.35. The quantitative estimate of drug-likeness (QED) is 0.390. The van der Waals surface area contributed by atoms with Gasteiger partial charge in [-0.05, 0) is 42.0 Å².